The van der Waals surface area contributed by atoms with E-state index >= 15 is 0 Å². The van der Waals surface area contributed by atoms with E-state index in [1.807, 2.05) is 6.07 Å². The van der Waals surface area contributed by atoms with E-state index in [9.17, 15) is 0 Å². The Labute approximate surface area is 126 Å². The highest BCUT2D eigenvalue weighted by Gasteiger charge is 2.19. The Balaban J connectivity index is 1.49. The average Bonchev–Trinajstić information content (AvgIpc) is 2.55. The van der Waals surface area contributed by atoms with E-state index in [0.717, 1.165) is 25.3 Å². The van der Waals surface area contributed by atoms with Gasteiger partial charge in [0.2, 0.25) is 0 Å². The van der Waals surface area contributed by atoms with Crippen LogP contribution in [0.4, 0.5) is 0 Å². The molecule has 3 rings (SSSR count). The summed E-state index contributed by atoms with van der Waals surface area (Å²) in [5.74, 6) is 0. The Bertz CT molecular complexity index is 529. The fourth-order valence-electron chi connectivity index (χ4n) is 2.88. The van der Waals surface area contributed by atoms with Crippen molar-refractivity contribution in [3.05, 3.63) is 60.2 Å². The normalized spacial score (nSPS) is 19.5. The molecule has 0 radical (unpaired) electrons. The molecule has 0 saturated carbocycles. The first kappa shape index (κ1) is 14.2. The first-order valence-electron chi connectivity index (χ1n) is 7.65. The average molecular weight is 282 g/mol. The maximum absolute atomic E-state index is 4.26. The summed E-state index contributed by atoms with van der Waals surface area (Å²) in [6.07, 6.45) is 5.91. The van der Waals surface area contributed by atoms with Gasteiger partial charge >= 0.3 is 0 Å². The van der Waals surface area contributed by atoms with Gasteiger partial charge in [-0.15, -0.1) is 0 Å². The molecule has 1 aromatic carbocycles. The molecule has 21 heavy (non-hydrogen) atoms. The largest absolute Gasteiger partial charge is 0.307 e. The molecule has 1 N–H and O–H groups in total. The highest BCUT2D eigenvalue weighted by atomic mass is 15.2. The molecular formula is C17H22N4. The lowest BCUT2D eigenvalue weighted by atomic mass is 10.0. The summed E-state index contributed by atoms with van der Waals surface area (Å²) in [5, 5.41) is 3.62. The zero-order chi connectivity index (χ0) is 14.3. The van der Waals surface area contributed by atoms with Crippen molar-refractivity contribution in [3.8, 4) is 0 Å². The van der Waals surface area contributed by atoms with Gasteiger partial charge in [-0.1, -0.05) is 30.3 Å². The van der Waals surface area contributed by atoms with Gasteiger partial charge < -0.3 is 5.32 Å². The van der Waals surface area contributed by atoms with Gasteiger partial charge in [0.25, 0.3) is 0 Å². The van der Waals surface area contributed by atoms with Crippen LogP contribution in [-0.2, 0) is 13.1 Å². The number of likely N-dealkylation sites (tertiary alicyclic amines) is 1. The third-order valence-electron chi connectivity index (χ3n) is 3.97. The van der Waals surface area contributed by atoms with Gasteiger partial charge in [-0.2, -0.15) is 0 Å². The van der Waals surface area contributed by atoms with Crippen molar-refractivity contribution in [2.24, 2.45) is 0 Å². The van der Waals surface area contributed by atoms with Crippen LogP contribution in [-0.4, -0.2) is 34.0 Å². The highest BCUT2D eigenvalue weighted by molar-refractivity contribution is 5.14. The zero-order valence-electron chi connectivity index (χ0n) is 12.3. The molecule has 0 bridgehead atoms. The molecule has 0 amide bonds. The van der Waals surface area contributed by atoms with Crippen molar-refractivity contribution in [2.75, 3.05) is 13.1 Å². The molecule has 4 nitrogen and oxygen atoms in total. The van der Waals surface area contributed by atoms with Crippen LogP contribution < -0.4 is 5.32 Å². The first-order chi connectivity index (χ1) is 10.4. The van der Waals surface area contributed by atoms with Crippen LogP contribution in [0.2, 0.25) is 0 Å². The molecule has 4 heteroatoms. The minimum Gasteiger partial charge on any atom is -0.307 e. The number of benzene rings is 1. The number of hydrogen-bond acceptors (Lipinski definition) is 4. The van der Waals surface area contributed by atoms with Gasteiger partial charge in [-0.3, -0.25) is 4.90 Å². The molecule has 1 saturated heterocycles. The molecule has 1 fully saturated rings. The summed E-state index contributed by atoms with van der Waals surface area (Å²) in [7, 11) is 0. The van der Waals surface area contributed by atoms with Crippen LogP contribution in [0.3, 0.4) is 0 Å². The number of rotatable bonds is 5. The molecule has 0 spiro atoms. The van der Waals surface area contributed by atoms with E-state index in [4.69, 9.17) is 0 Å². The lowest BCUT2D eigenvalue weighted by Gasteiger charge is -2.33. The quantitative estimate of drug-likeness (QED) is 0.913. The van der Waals surface area contributed by atoms with Crippen molar-refractivity contribution in [2.45, 2.75) is 32.0 Å². The topological polar surface area (TPSA) is 41.0 Å². The molecule has 1 unspecified atom stereocenters. The highest BCUT2D eigenvalue weighted by Crippen LogP contribution is 2.14. The molecule has 1 aliphatic rings. The third kappa shape index (κ3) is 4.34. The zero-order valence-corrected chi connectivity index (χ0v) is 12.3. The number of aromatic nitrogens is 2. The minimum atomic E-state index is 0.553. The van der Waals surface area contributed by atoms with Crippen molar-refractivity contribution < 1.29 is 0 Å². The van der Waals surface area contributed by atoms with Crippen LogP contribution in [0.1, 0.15) is 24.1 Å². The van der Waals surface area contributed by atoms with Crippen LogP contribution in [0.15, 0.2) is 48.9 Å². The van der Waals surface area contributed by atoms with Crippen LogP contribution >= 0.6 is 0 Å². The smallest absolute Gasteiger partial charge is 0.115 e. The van der Waals surface area contributed by atoms with Crippen LogP contribution in [0, 0.1) is 0 Å². The second kappa shape index (κ2) is 7.29. The maximum atomic E-state index is 4.26. The standard InChI is InChI=1S/C17H22N4/c1-2-5-15(6-3-1)12-21-10-4-7-17(13-21)19-11-16-8-9-18-14-20-16/h1-3,5-6,8-9,14,17,19H,4,7,10-13H2. The Morgan fingerprint density at radius 1 is 1.19 bits per heavy atom. The van der Waals surface area contributed by atoms with E-state index in [1.165, 1.54) is 24.9 Å². The Morgan fingerprint density at radius 3 is 2.90 bits per heavy atom. The molecule has 2 heterocycles. The van der Waals surface area contributed by atoms with Gasteiger partial charge in [0.1, 0.15) is 6.33 Å². The Hall–Kier alpha value is -1.78. The van der Waals surface area contributed by atoms with Gasteiger partial charge in [-0.25, -0.2) is 9.97 Å². The van der Waals surface area contributed by atoms with Crippen molar-refractivity contribution in [1.82, 2.24) is 20.2 Å². The second-order valence-corrected chi connectivity index (χ2v) is 5.64. The van der Waals surface area contributed by atoms with Gasteiger partial charge in [0.05, 0.1) is 5.69 Å². The second-order valence-electron chi connectivity index (χ2n) is 5.64. The fraction of sp³-hybridized carbons (Fsp3) is 0.412. The van der Waals surface area contributed by atoms with Crippen molar-refractivity contribution in [1.29, 1.82) is 0 Å². The number of piperidine rings is 1. The summed E-state index contributed by atoms with van der Waals surface area (Å²) >= 11 is 0. The lowest BCUT2D eigenvalue weighted by Crippen LogP contribution is -2.45. The first-order valence-corrected chi connectivity index (χ1v) is 7.65. The van der Waals surface area contributed by atoms with Crippen LogP contribution in [0.5, 0.6) is 0 Å². The molecule has 0 aliphatic carbocycles. The van der Waals surface area contributed by atoms with Crippen molar-refractivity contribution >= 4 is 0 Å². The van der Waals surface area contributed by atoms with Gasteiger partial charge in [0, 0.05) is 31.9 Å². The van der Waals surface area contributed by atoms with Gasteiger partial charge in [0.15, 0.2) is 0 Å². The molecule has 110 valence electrons. The SMILES string of the molecule is c1ccc(CN2CCCC(NCc3ccncn3)C2)cc1. The van der Waals surface area contributed by atoms with E-state index < -0.39 is 0 Å². The summed E-state index contributed by atoms with van der Waals surface area (Å²) in [6.45, 7) is 4.18. The van der Waals surface area contributed by atoms with Gasteiger partial charge in [-0.05, 0) is 31.0 Å². The fourth-order valence-corrected chi connectivity index (χ4v) is 2.88. The monoisotopic (exact) mass is 282 g/mol. The number of nitrogens with one attached hydrogen (secondary N) is 1. The van der Waals surface area contributed by atoms with E-state index in [1.54, 1.807) is 12.5 Å². The molecule has 1 aromatic heterocycles. The predicted molar refractivity (Wildman–Crippen MR) is 83.6 cm³/mol. The number of nitrogens with zero attached hydrogens (tertiary/aromatic N) is 3. The summed E-state index contributed by atoms with van der Waals surface area (Å²) in [6, 6.07) is 13.2. The predicted octanol–water partition coefficient (Wildman–Crippen LogP) is 2.23. The van der Waals surface area contributed by atoms with E-state index in [2.05, 4.69) is 50.5 Å². The lowest BCUT2D eigenvalue weighted by molar-refractivity contribution is 0.182. The number of hydrogen-bond donors (Lipinski definition) is 1. The maximum Gasteiger partial charge on any atom is 0.115 e. The van der Waals surface area contributed by atoms with Crippen LogP contribution in [0.25, 0.3) is 0 Å². The molecule has 1 aliphatic heterocycles. The summed E-state index contributed by atoms with van der Waals surface area (Å²) < 4.78 is 0. The molecule has 2 aromatic rings. The Morgan fingerprint density at radius 2 is 2.10 bits per heavy atom. The molecule has 1 atom stereocenters. The Kier molecular flexibility index (Phi) is 4.92. The third-order valence-corrected chi connectivity index (χ3v) is 3.97. The van der Waals surface area contributed by atoms with E-state index in [0.29, 0.717) is 6.04 Å². The van der Waals surface area contributed by atoms with E-state index in [-0.39, 0.29) is 0 Å². The summed E-state index contributed by atoms with van der Waals surface area (Å²) in [4.78, 5) is 10.8. The molecular weight excluding hydrogens is 260 g/mol. The van der Waals surface area contributed by atoms with Crippen molar-refractivity contribution in [3.63, 3.8) is 0 Å². The summed E-state index contributed by atoms with van der Waals surface area (Å²) in [5.41, 5.74) is 2.46. The minimum absolute atomic E-state index is 0.553.